The van der Waals surface area contributed by atoms with Crippen molar-refractivity contribution in [1.82, 2.24) is 9.78 Å². The van der Waals surface area contributed by atoms with Crippen LogP contribution >= 0.6 is 0 Å². The quantitative estimate of drug-likeness (QED) is 0.438. The highest BCUT2D eigenvalue weighted by atomic mass is 16.6. The van der Waals surface area contributed by atoms with Crippen molar-refractivity contribution in [3.05, 3.63) is 23.9 Å². The molecule has 0 spiro atoms. The summed E-state index contributed by atoms with van der Waals surface area (Å²) in [6.07, 6.45) is 2.24. The number of rotatable bonds is 4. The molecule has 6 heteroatoms. The zero-order chi connectivity index (χ0) is 21.8. The SMILES string of the molecule is CC(=O)c1nn(CC(=O)OC(C)(C)C)c2ccc(B3CC(C)(C)C(C)(C)C3)cc12. The molecular formula is C23H33BN2O3. The predicted octanol–water partition coefficient (Wildman–Crippen LogP) is 4.35. The minimum Gasteiger partial charge on any atom is -0.459 e. The smallest absolute Gasteiger partial charge is 0.328 e. The summed E-state index contributed by atoms with van der Waals surface area (Å²) in [4.78, 5) is 24.5. The van der Waals surface area contributed by atoms with E-state index in [9.17, 15) is 9.59 Å². The van der Waals surface area contributed by atoms with Crippen molar-refractivity contribution in [3.8, 4) is 0 Å². The monoisotopic (exact) mass is 396 g/mol. The second kappa shape index (κ2) is 7.00. The van der Waals surface area contributed by atoms with E-state index in [1.807, 2.05) is 26.8 Å². The Kier molecular flexibility index (Phi) is 5.21. The highest BCUT2D eigenvalue weighted by Crippen LogP contribution is 2.52. The molecule has 0 amide bonds. The summed E-state index contributed by atoms with van der Waals surface area (Å²) in [5.74, 6) is -0.456. The van der Waals surface area contributed by atoms with Crippen molar-refractivity contribution >= 4 is 34.8 Å². The Hall–Kier alpha value is -2.11. The number of ether oxygens (including phenoxy) is 1. The first-order valence-corrected chi connectivity index (χ1v) is 10.4. The molecule has 1 fully saturated rings. The van der Waals surface area contributed by atoms with Crippen LogP contribution in [0, 0.1) is 10.8 Å². The molecule has 3 rings (SSSR count). The van der Waals surface area contributed by atoms with Crippen molar-refractivity contribution in [2.24, 2.45) is 10.8 Å². The molecule has 0 radical (unpaired) electrons. The lowest BCUT2D eigenvalue weighted by molar-refractivity contribution is -0.155. The maximum Gasteiger partial charge on any atom is 0.328 e. The maximum atomic E-state index is 12.3. The lowest BCUT2D eigenvalue weighted by Gasteiger charge is -2.35. The van der Waals surface area contributed by atoms with Gasteiger partial charge in [0.2, 0.25) is 0 Å². The fraction of sp³-hybridized carbons (Fsp3) is 0.609. The Morgan fingerprint density at radius 1 is 1.14 bits per heavy atom. The zero-order valence-electron chi connectivity index (χ0n) is 19.0. The van der Waals surface area contributed by atoms with Crippen molar-refractivity contribution in [3.63, 3.8) is 0 Å². The van der Waals surface area contributed by atoms with E-state index in [4.69, 9.17) is 4.74 Å². The van der Waals surface area contributed by atoms with Crippen LogP contribution in [-0.2, 0) is 16.1 Å². The Balaban J connectivity index is 1.98. The molecule has 29 heavy (non-hydrogen) atoms. The summed E-state index contributed by atoms with van der Waals surface area (Å²) in [6, 6.07) is 6.22. The molecule has 1 aromatic heterocycles. The second-order valence-electron chi connectivity index (χ2n) is 10.8. The van der Waals surface area contributed by atoms with Crippen LogP contribution in [0.2, 0.25) is 12.6 Å². The molecule has 2 heterocycles. The minimum atomic E-state index is -0.557. The van der Waals surface area contributed by atoms with Gasteiger partial charge in [-0.1, -0.05) is 57.9 Å². The Morgan fingerprint density at radius 2 is 1.72 bits per heavy atom. The number of aromatic nitrogens is 2. The minimum absolute atomic E-state index is 0.0100. The third-order valence-corrected chi connectivity index (χ3v) is 6.62. The van der Waals surface area contributed by atoms with Gasteiger partial charge in [-0.3, -0.25) is 14.3 Å². The number of esters is 1. The molecule has 0 N–H and O–H groups in total. The van der Waals surface area contributed by atoms with E-state index in [1.54, 1.807) is 4.68 Å². The molecule has 1 saturated heterocycles. The van der Waals surface area contributed by atoms with Crippen molar-refractivity contribution in [2.45, 2.75) is 80.2 Å². The molecule has 0 saturated carbocycles. The van der Waals surface area contributed by atoms with E-state index in [-0.39, 0.29) is 29.1 Å². The zero-order valence-corrected chi connectivity index (χ0v) is 19.0. The summed E-state index contributed by atoms with van der Waals surface area (Å²) in [7, 11) is 0. The van der Waals surface area contributed by atoms with Crippen LogP contribution in [0.25, 0.3) is 10.9 Å². The number of nitrogens with zero attached hydrogens (tertiary/aromatic N) is 2. The molecule has 0 aliphatic carbocycles. The summed E-state index contributed by atoms with van der Waals surface area (Å²) in [6.45, 7) is 16.8. The molecule has 156 valence electrons. The van der Waals surface area contributed by atoms with Crippen LogP contribution in [0.3, 0.4) is 0 Å². The molecule has 1 aromatic carbocycles. The van der Waals surface area contributed by atoms with E-state index in [2.05, 4.69) is 44.9 Å². The fourth-order valence-corrected chi connectivity index (χ4v) is 4.42. The highest BCUT2D eigenvalue weighted by molar-refractivity contribution is 6.74. The third-order valence-electron chi connectivity index (χ3n) is 6.62. The van der Waals surface area contributed by atoms with Gasteiger partial charge in [0, 0.05) is 12.3 Å². The van der Waals surface area contributed by atoms with Crippen molar-refractivity contribution in [1.29, 1.82) is 0 Å². The van der Waals surface area contributed by atoms with Gasteiger partial charge >= 0.3 is 5.97 Å². The van der Waals surface area contributed by atoms with Gasteiger partial charge in [0.15, 0.2) is 12.5 Å². The van der Waals surface area contributed by atoms with E-state index in [1.165, 1.54) is 12.4 Å². The number of ketones is 1. The number of hydrogen-bond donors (Lipinski definition) is 0. The Labute approximate surface area is 174 Å². The van der Waals surface area contributed by atoms with Gasteiger partial charge in [0.1, 0.15) is 17.8 Å². The first kappa shape index (κ1) is 21.6. The Bertz CT molecular complexity index is 950. The lowest BCUT2D eigenvalue weighted by Crippen LogP contribution is -2.28. The van der Waals surface area contributed by atoms with Crippen LogP contribution in [0.15, 0.2) is 18.2 Å². The molecule has 0 unspecified atom stereocenters. The van der Waals surface area contributed by atoms with Crippen molar-refractivity contribution < 1.29 is 14.3 Å². The van der Waals surface area contributed by atoms with Gasteiger partial charge in [-0.15, -0.1) is 0 Å². The van der Waals surface area contributed by atoms with Crippen LogP contribution in [-0.4, -0.2) is 33.8 Å². The van der Waals surface area contributed by atoms with E-state index in [0.717, 1.165) is 23.5 Å². The molecule has 1 aliphatic rings. The molecule has 0 atom stereocenters. The van der Waals surface area contributed by atoms with Crippen molar-refractivity contribution in [2.75, 3.05) is 0 Å². The normalized spacial score (nSPS) is 18.3. The standard InChI is InChI=1S/C23H33BN2O3/c1-15(27)20-17-11-16(24-13-22(5,6)23(7,8)14-24)9-10-18(17)26(25-20)12-19(28)29-21(2,3)4/h9-11H,12-14H2,1-8H3. The fourth-order valence-electron chi connectivity index (χ4n) is 4.42. The largest absolute Gasteiger partial charge is 0.459 e. The number of hydrogen-bond acceptors (Lipinski definition) is 4. The first-order chi connectivity index (χ1) is 13.2. The van der Waals surface area contributed by atoms with Gasteiger partial charge in [0.05, 0.1) is 5.52 Å². The lowest BCUT2D eigenvalue weighted by atomic mass is 9.42. The summed E-state index contributed by atoms with van der Waals surface area (Å²) < 4.78 is 7.02. The van der Waals surface area contributed by atoms with Gasteiger partial charge in [-0.05, 0) is 37.7 Å². The van der Waals surface area contributed by atoms with E-state index < -0.39 is 5.60 Å². The van der Waals surface area contributed by atoms with Crippen LogP contribution in [0.4, 0.5) is 0 Å². The predicted molar refractivity (Wildman–Crippen MR) is 118 cm³/mol. The first-order valence-electron chi connectivity index (χ1n) is 10.4. The summed E-state index contributed by atoms with van der Waals surface area (Å²) in [5, 5.41) is 5.27. The van der Waals surface area contributed by atoms with E-state index in [0.29, 0.717) is 12.4 Å². The van der Waals surface area contributed by atoms with Gasteiger partial charge in [-0.25, -0.2) is 0 Å². The molecular weight excluding hydrogens is 363 g/mol. The second-order valence-corrected chi connectivity index (χ2v) is 10.8. The molecule has 2 aromatic rings. The summed E-state index contributed by atoms with van der Waals surface area (Å²) in [5.41, 5.74) is 2.42. The van der Waals surface area contributed by atoms with Crippen LogP contribution < -0.4 is 5.46 Å². The van der Waals surface area contributed by atoms with Crippen LogP contribution in [0.5, 0.6) is 0 Å². The van der Waals surface area contributed by atoms with E-state index >= 15 is 0 Å². The topological polar surface area (TPSA) is 61.2 Å². The number of carbonyl (C=O) groups excluding carboxylic acids is 2. The average molecular weight is 396 g/mol. The average Bonchev–Trinajstić information content (AvgIpc) is 3.00. The van der Waals surface area contributed by atoms with Gasteiger partial charge in [-0.2, -0.15) is 5.10 Å². The van der Waals surface area contributed by atoms with Gasteiger partial charge < -0.3 is 4.74 Å². The number of carbonyl (C=O) groups is 2. The molecule has 5 nitrogen and oxygen atoms in total. The number of Topliss-reactive ketones (excluding diaryl/α,β-unsaturated/α-hetero) is 1. The molecule has 0 bridgehead atoms. The van der Waals surface area contributed by atoms with Gasteiger partial charge in [0.25, 0.3) is 0 Å². The number of benzene rings is 1. The third kappa shape index (κ3) is 4.26. The van der Waals surface area contributed by atoms with Crippen LogP contribution in [0.1, 0.15) is 65.9 Å². The molecule has 1 aliphatic heterocycles. The summed E-state index contributed by atoms with van der Waals surface area (Å²) >= 11 is 0. The number of fused-ring (bicyclic) bond motifs is 1. The maximum absolute atomic E-state index is 12.3. The Morgan fingerprint density at radius 3 is 2.24 bits per heavy atom. The highest BCUT2D eigenvalue weighted by Gasteiger charge is 2.48.